The molecule has 6 heteroatoms. The first-order valence-electron chi connectivity index (χ1n) is 7.23. The number of nitrogens with zero attached hydrogens (tertiary/aromatic N) is 4. The largest absolute Gasteiger partial charge is 0.493 e. The quantitative estimate of drug-likeness (QED) is 0.856. The number of hydrogen-bond donors (Lipinski definition) is 1. The Kier molecular flexibility index (Phi) is 5.01. The van der Waals surface area contributed by atoms with Gasteiger partial charge in [-0.2, -0.15) is 5.10 Å². The molecule has 0 amide bonds. The van der Waals surface area contributed by atoms with E-state index in [-0.39, 0.29) is 0 Å². The van der Waals surface area contributed by atoms with Crippen molar-refractivity contribution in [2.45, 2.75) is 32.0 Å². The van der Waals surface area contributed by atoms with Crippen LogP contribution in [0.25, 0.3) is 0 Å². The van der Waals surface area contributed by atoms with Gasteiger partial charge in [-0.25, -0.2) is 0 Å². The minimum absolute atomic E-state index is 0.355. The molecule has 6 nitrogen and oxygen atoms in total. The molecule has 1 aromatic heterocycles. The van der Waals surface area contributed by atoms with Gasteiger partial charge in [0.1, 0.15) is 11.8 Å². The summed E-state index contributed by atoms with van der Waals surface area (Å²) in [5.74, 6) is 0.672. The molecule has 0 saturated carbocycles. The summed E-state index contributed by atoms with van der Waals surface area (Å²) in [6.07, 6.45) is 1.83. The number of aliphatic hydroxyl groups is 1. The Morgan fingerprint density at radius 2 is 2.20 bits per heavy atom. The van der Waals surface area contributed by atoms with Gasteiger partial charge in [0, 0.05) is 32.2 Å². The average molecular weight is 282 g/mol. The topological polar surface area (TPSA) is 53.8 Å². The van der Waals surface area contributed by atoms with E-state index in [9.17, 15) is 5.11 Å². The van der Waals surface area contributed by atoms with Gasteiger partial charge in [0.2, 0.25) is 0 Å². The molecule has 0 spiro atoms. The Bertz CT molecular complexity index is 413. The van der Waals surface area contributed by atoms with Crippen LogP contribution in [0.3, 0.4) is 0 Å². The first-order chi connectivity index (χ1) is 9.56. The van der Waals surface area contributed by atoms with Gasteiger partial charge in [-0.05, 0) is 27.4 Å². The Hall–Kier alpha value is -1.11. The van der Waals surface area contributed by atoms with E-state index in [0.29, 0.717) is 18.2 Å². The number of rotatable bonds is 5. The summed E-state index contributed by atoms with van der Waals surface area (Å²) < 4.78 is 7.13. The van der Waals surface area contributed by atoms with Crippen molar-refractivity contribution in [3.05, 3.63) is 11.9 Å². The Morgan fingerprint density at radius 1 is 1.45 bits per heavy atom. The molecule has 1 aliphatic rings. The van der Waals surface area contributed by atoms with Gasteiger partial charge in [0.15, 0.2) is 5.75 Å². The van der Waals surface area contributed by atoms with Crippen molar-refractivity contribution < 1.29 is 9.84 Å². The van der Waals surface area contributed by atoms with Crippen molar-refractivity contribution in [2.75, 3.05) is 40.8 Å². The summed E-state index contributed by atoms with van der Waals surface area (Å²) >= 11 is 0. The standard InChI is InChI=1S/C14H26N4O2/c1-5-18-14(13(20-4)9-15-18)12(19)8-11-10-16(2)6-7-17(11)3/h9,11-12,19H,5-8,10H2,1-4H3. The van der Waals surface area contributed by atoms with Crippen LogP contribution in [0, 0.1) is 0 Å². The van der Waals surface area contributed by atoms with Crippen molar-refractivity contribution in [2.24, 2.45) is 0 Å². The monoisotopic (exact) mass is 282 g/mol. The minimum Gasteiger partial charge on any atom is -0.493 e. The third-order valence-corrected chi connectivity index (χ3v) is 4.16. The molecule has 2 atom stereocenters. The third-order valence-electron chi connectivity index (χ3n) is 4.16. The zero-order chi connectivity index (χ0) is 14.7. The van der Waals surface area contributed by atoms with Crippen molar-refractivity contribution in [1.29, 1.82) is 0 Å². The normalized spacial score (nSPS) is 22.9. The lowest BCUT2D eigenvalue weighted by molar-refractivity contribution is 0.0591. The van der Waals surface area contributed by atoms with E-state index in [1.807, 2.05) is 11.6 Å². The SMILES string of the molecule is CCn1ncc(OC)c1C(O)CC1CN(C)CCN1C. The molecule has 20 heavy (non-hydrogen) atoms. The maximum absolute atomic E-state index is 10.6. The highest BCUT2D eigenvalue weighted by atomic mass is 16.5. The molecular weight excluding hydrogens is 256 g/mol. The first kappa shape index (κ1) is 15.3. The fraction of sp³-hybridized carbons (Fsp3) is 0.786. The van der Waals surface area contributed by atoms with Crippen molar-refractivity contribution in [1.82, 2.24) is 19.6 Å². The summed E-state index contributed by atoms with van der Waals surface area (Å²) in [5, 5.41) is 14.9. The number of aryl methyl sites for hydroxylation is 1. The molecule has 0 radical (unpaired) electrons. The van der Waals surface area contributed by atoms with Gasteiger partial charge in [-0.15, -0.1) is 0 Å². The number of ether oxygens (including phenoxy) is 1. The summed E-state index contributed by atoms with van der Waals surface area (Å²) in [6.45, 7) is 5.85. The number of aromatic nitrogens is 2. The lowest BCUT2D eigenvalue weighted by Gasteiger charge is -2.38. The van der Waals surface area contributed by atoms with Crippen LogP contribution in [0.4, 0.5) is 0 Å². The van der Waals surface area contributed by atoms with Gasteiger partial charge in [-0.1, -0.05) is 0 Å². The second-order valence-corrected chi connectivity index (χ2v) is 5.56. The Morgan fingerprint density at radius 3 is 2.85 bits per heavy atom. The van der Waals surface area contributed by atoms with Crippen LogP contribution in [0.5, 0.6) is 5.75 Å². The van der Waals surface area contributed by atoms with Gasteiger partial charge in [0.25, 0.3) is 0 Å². The fourth-order valence-electron chi connectivity index (χ4n) is 2.85. The van der Waals surface area contributed by atoms with E-state index in [4.69, 9.17) is 4.74 Å². The highest BCUT2D eigenvalue weighted by Gasteiger charge is 2.28. The molecule has 1 aliphatic heterocycles. The van der Waals surface area contributed by atoms with Gasteiger partial charge < -0.3 is 19.6 Å². The maximum Gasteiger partial charge on any atom is 0.162 e. The summed E-state index contributed by atoms with van der Waals surface area (Å²) in [4.78, 5) is 4.63. The fourth-order valence-corrected chi connectivity index (χ4v) is 2.85. The molecule has 2 unspecified atom stereocenters. The summed E-state index contributed by atoms with van der Waals surface area (Å²) in [7, 11) is 5.87. The number of hydrogen-bond acceptors (Lipinski definition) is 5. The molecule has 1 N–H and O–H groups in total. The zero-order valence-corrected chi connectivity index (χ0v) is 12.9. The smallest absolute Gasteiger partial charge is 0.162 e. The third kappa shape index (κ3) is 3.13. The summed E-state index contributed by atoms with van der Waals surface area (Å²) in [5.41, 5.74) is 0.789. The van der Waals surface area contributed by atoms with Crippen molar-refractivity contribution in [3.63, 3.8) is 0 Å². The number of aliphatic hydroxyl groups excluding tert-OH is 1. The minimum atomic E-state index is -0.550. The highest BCUT2D eigenvalue weighted by molar-refractivity contribution is 5.27. The predicted molar refractivity (Wildman–Crippen MR) is 77.9 cm³/mol. The van der Waals surface area contributed by atoms with Gasteiger partial charge in [-0.3, -0.25) is 4.68 Å². The van der Waals surface area contributed by atoms with Crippen LogP contribution in [0.2, 0.25) is 0 Å². The lowest BCUT2D eigenvalue weighted by Crippen LogP contribution is -2.50. The molecule has 0 aromatic carbocycles. The predicted octanol–water partition coefficient (Wildman–Crippen LogP) is 0.581. The van der Waals surface area contributed by atoms with Crippen LogP contribution >= 0.6 is 0 Å². The molecule has 1 saturated heterocycles. The van der Waals surface area contributed by atoms with Crippen LogP contribution < -0.4 is 4.74 Å². The molecule has 2 rings (SSSR count). The molecule has 0 bridgehead atoms. The van der Waals surface area contributed by atoms with E-state index in [1.165, 1.54) is 0 Å². The first-order valence-corrected chi connectivity index (χ1v) is 7.23. The van der Waals surface area contributed by atoms with Crippen LogP contribution in [-0.4, -0.2) is 71.6 Å². The second-order valence-electron chi connectivity index (χ2n) is 5.56. The van der Waals surface area contributed by atoms with Crippen molar-refractivity contribution >= 4 is 0 Å². The van der Waals surface area contributed by atoms with E-state index in [0.717, 1.165) is 31.9 Å². The molecule has 114 valence electrons. The number of likely N-dealkylation sites (N-methyl/N-ethyl adjacent to an activating group) is 2. The van der Waals surface area contributed by atoms with Crippen molar-refractivity contribution in [3.8, 4) is 5.75 Å². The van der Waals surface area contributed by atoms with Gasteiger partial charge >= 0.3 is 0 Å². The zero-order valence-electron chi connectivity index (χ0n) is 12.9. The molecule has 1 fully saturated rings. The van der Waals surface area contributed by atoms with E-state index in [1.54, 1.807) is 13.3 Å². The van der Waals surface area contributed by atoms with Crippen LogP contribution in [0.1, 0.15) is 25.1 Å². The van der Waals surface area contributed by atoms with Crippen LogP contribution in [-0.2, 0) is 6.54 Å². The lowest BCUT2D eigenvalue weighted by atomic mass is 10.0. The van der Waals surface area contributed by atoms with E-state index >= 15 is 0 Å². The van der Waals surface area contributed by atoms with E-state index < -0.39 is 6.10 Å². The highest BCUT2D eigenvalue weighted by Crippen LogP contribution is 2.29. The number of piperazine rings is 1. The maximum atomic E-state index is 10.6. The van der Waals surface area contributed by atoms with E-state index in [2.05, 4.69) is 29.0 Å². The van der Waals surface area contributed by atoms with Gasteiger partial charge in [0.05, 0.1) is 13.3 Å². The molecule has 0 aliphatic carbocycles. The average Bonchev–Trinajstić information content (AvgIpc) is 2.85. The van der Waals surface area contributed by atoms with Crippen LogP contribution in [0.15, 0.2) is 6.20 Å². The molecular formula is C14H26N4O2. The Labute approximate surface area is 120 Å². The summed E-state index contributed by atoms with van der Waals surface area (Å²) in [6, 6.07) is 0.355. The molecule has 2 heterocycles. The molecule has 1 aromatic rings. The second kappa shape index (κ2) is 6.56. The Balaban J connectivity index is 2.11. The number of methoxy groups -OCH3 is 1.